The largest absolute Gasteiger partial charge is 0.496 e. The first-order valence-corrected chi connectivity index (χ1v) is 8.59. The molecule has 1 aromatic heterocycles. The zero-order valence-corrected chi connectivity index (χ0v) is 14.5. The number of hydrogen-bond donors (Lipinski definition) is 0. The summed E-state index contributed by atoms with van der Waals surface area (Å²) in [5.41, 5.74) is 2.93. The van der Waals surface area contributed by atoms with Gasteiger partial charge in [-0.15, -0.1) is 0 Å². The molecule has 0 spiro atoms. The number of hydrogen-bond acceptors (Lipinski definition) is 5. The van der Waals surface area contributed by atoms with E-state index in [9.17, 15) is 10.1 Å². The summed E-state index contributed by atoms with van der Waals surface area (Å²) in [5, 5.41) is 11.9. The first-order valence-electron chi connectivity index (χ1n) is 8.59. The number of nitrogens with zero attached hydrogens (tertiary/aromatic N) is 3. The van der Waals surface area contributed by atoms with Crippen LogP contribution in [0.25, 0.3) is 10.9 Å². The van der Waals surface area contributed by atoms with Gasteiger partial charge in [-0.25, -0.2) is 0 Å². The number of methoxy groups -OCH3 is 1. The number of benzene rings is 2. The molecule has 0 saturated carbocycles. The highest BCUT2D eigenvalue weighted by Gasteiger charge is 2.28. The molecule has 1 aliphatic heterocycles. The SMILES string of the molecule is COc1ccccc1C1CCN(c2ccc([N+](=O)[O-])c3cccnc23)C1. The van der Waals surface area contributed by atoms with Crippen molar-refractivity contribution in [3.05, 3.63) is 70.4 Å². The fourth-order valence-corrected chi connectivity index (χ4v) is 3.79. The number of nitro benzene ring substituents is 1. The van der Waals surface area contributed by atoms with E-state index in [4.69, 9.17) is 4.74 Å². The van der Waals surface area contributed by atoms with Crippen LogP contribution in [0.3, 0.4) is 0 Å². The van der Waals surface area contributed by atoms with Crippen LogP contribution in [0.1, 0.15) is 17.9 Å². The molecule has 6 heteroatoms. The summed E-state index contributed by atoms with van der Waals surface area (Å²) in [6, 6.07) is 15.0. The Morgan fingerprint density at radius 3 is 2.85 bits per heavy atom. The minimum atomic E-state index is -0.352. The Morgan fingerprint density at radius 2 is 2.04 bits per heavy atom. The van der Waals surface area contributed by atoms with E-state index in [1.807, 2.05) is 24.3 Å². The van der Waals surface area contributed by atoms with Crippen molar-refractivity contribution in [2.45, 2.75) is 12.3 Å². The highest BCUT2D eigenvalue weighted by molar-refractivity contribution is 5.97. The number of nitro groups is 1. The van der Waals surface area contributed by atoms with Crippen molar-refractivity contribution in [2.75, 3.05) is 25.1 Å². The van der Waals surface area contributed by atoms with Crippen LogP contribution in [0.2, 0.25) is 0 Å². The van der Waals surface area contributed by atoms with Gasteiger partial charge in [-0.05, 0) is 36.2 Å². The Labute approximate surface area is 151 Å². The topological polar surface area (TPSA) is 68.5 Å². The quantitative estimate of drug-likeness (QED) is 0.523. The molecule has 6 nitrogen and oxygen atoms in total. The Morgan fingerprint density at radius 1 is 1.19 bits per heavy atom. The number of pyridine rings is 1. The molecule has 0 aliphatic carbocycles. The summed E-state index contributed by atoms with van der Waals surface area (Å²) in [5.74, 6) is 1.27. The predicted octanol–water partition coefficient (Wildman–Crippen LogP) is 4.15. The maximum absolute atomic E-state index is 11.3. The number of rotatable bonds is 4. The number of aromatic nitrogens is 1. The van der Waals surface area contributed by atoms with Gasteiger partial charge in [0, 0.05) is 31.3 Å². The second-order valence-electron chi connectivity index (χ2n) is 6.43. The van der Waals surface area contributed by atoms with Gasteiger partial charge in [-0.3, -0.25) is 15.1 Å². The normalized spacial score (nSPS) is 16.8. The second-order valence-corrected chi connectivity index (χ2v) is 6.43. The van der Waals surface area contributed by atoms with Gasteiger partial charge >= 0.3 is 0 Å². The zero-order chi connectivity index (χ0) is 18.1. The van der Waals surface area contributed by atoms with E-state index in [2.05, 4.69) is 16.0 Å². The van der Waals surface area contributed by atoms with Gasteiger partial charge in [0.1, 0.15) is 11.3 Å². The van der Waals surface area contributed by atoms with Gasteiger partial charge in [-0.2, -0.15) is 0 Å². The van der Waals surface area contributed by atoms with Crippen LogP contribution >= 0.6 is 0 Å². The first-order chi connectivity index (χ1) is 12.7. The summed E-state index contributed by atoms with van der Waals surface area (Å²) < 4.78 is 5.51. The monoisotopic (exact) mass is 349 g/mol. The highest BCUT2D eigenvalue weighted by atomic mass is 16.6. The fourth-order valence-electron chi connectivity index (χ4n) is 3.79. The summed E-state index contributed by atoms with van der Waals surface area (Å²) in [7, 11) is 1.69. The maximum Gasteiger partial charge on any atom is 0.278 e. The van der Waals surface area contributed by atoms with Gasteiger partial charge in [0.2, 0.25) is 0 Å². The highest BCUT2D eigenvalue weighted by Crippen LogP contribution is 2.38. The standard InChI is InChI=1S/C20H19N3O3/c1-26-19-7-3-2-5-15(19)14-10-12-22(13-14)18-9-8-17(23(24)25)16-6-4-11-21-20(16)18/h2-9,11,14H,10,12-13H2,1H3. The van der Waals surface area contributed by atoms with Crippen molar-refractivity contribution in [2.24, 2.45) is 0 Å². The minimum absolute atomic E-state index is 0.0947. The van der Waals surface area contributed by atoms with Crippen molar-refractivity contribution in [3.63, 3.8) is 0 Å². The lowest BCUT2D eigenvalue weighted by molar-refractivity contribution is -0.383. The number of ether oxygens (including phenoxy) is 1. The van der Waals surface area contributed by atoms with Crippen LogP contribution in [0.4, 0.5) is 11.4 Å². The molecular weight excluding hydrogens is 330 g/mol. The maximum atomic E-state index is 11.3. The molecule has 0 N–H and O–H groups in total. The van der Waals surface area contributed by atoms with Gasteiger partial charge in [0.05, 0.1) is 23.1 Å². The average molecular weight is 349 g/mol. The molecule has 3 aromatic rings. The van der Waals surface area contributed by atoms with Crippen LogP contribution in [0, 0.1) is 10.1 Å². The zero-order valence-electron chi connectivity index (χ0n) is 14.5. The first kappa shape index (κ1) is 16.3. The molecule has 1 aliphatic rings. The van der Waals surface area contributed by atoms with Gasteiger partial charge in [-0.1, -0.05) is 18.2 Å². The lowest BCUT2D eigenvalue weighted by atomic mass is 9.97. The summed E-state index contributed by atoms with van der Waals surface area (Å²) >= 11 is 0. The summed E-state index contributed by atoms with van der Waals surface area (Å²) in [6.07, 6.45) is 2.69. The molecule has 26 heavy (non-hydrogen) atoms. The van der Waals surface area contributed by atoms with Gasteiger partial charge in [0.15, 0.2) is 0 Å². The number of fused-ring (bicyclic) bond motifs is 1. The van der Waals surface area contributed by atoms with Gasteiger partial charge in [0.25, 0.3) is 5.69 Å². The van der Waals surface area contributed by atoms with Crippen LogP contribution in [-0.4, -0.2) is 30.1 Å². The molecule has 4 rings (SSSR count). The number of anilines is 1. The Kier molecular flexibility index (Phi) is 4.16. The van der Waals surface area contributed by atoms with Gasteiger partial charge < -0.3 is 9.64 Å². The molecule has 2 heterocycles. The molecule has 1 saturated heterocycles. The second kappa shape index (κ2) is 6.63. The van der Waals surface area contributed by atoms with Crippen molar-refractivity contribution < 1.29 is 9.66 Å². The third kappa shape index (κ3) is 2.73. The van der Waals surface area contributed by atoms with E-state index >= 15 is 0 Å². The van der Waals surface area contributed by atoms with Crippen LogP contribution < -0.4 is 9.64 Å². The lowest BCUT2D eigenvalue weighted by Crippen LogP contribution is -2.20. The van der Waals surface area contributed by atoms with Crippen molar-refractivity contribution in [1.82, 2.24) is 4.98 Å². The minimum Gasteiger partial charge on any atom is -0.496 e. The third-order valence-corrected chi connectivity index (χ3v) is 5.03. The summed E-state index contributed by atoms with van der Waals surface area (Å²) in [6.45, 7) is 1.72. The van der Waals surface area contributed by atoms with E-state index in [0.29, 0.717) is 16.8 Å². The van der Waals surface area contributed by atoms with E-state index < -0.39 is 0 Å². The number of para-hydroxylation sites is 1. The van der Waals surface area contributed by atoms with E-state index in [-0.39, 0.29) is 10.6 Å². The molecular formula is C20H19N3O3. The van der Waals surface area contributed by atoms with Crippen LogP contribution in [-0.2, 0) is 0 Å². The molecule has 1 atom stereocenters. The van der Waals surface area contributed by atoms with Crippen molar-refractivity contribution >= 4 is 22.3 Å². The molecule has 0 bridgehead atoms. The van der Waals surface area contributed by atoms with Crippen molar-refractivity contribution in [1.29, 1.82) is 0 Å². The van der Waals surface area contributed by atoms with E-state index in [1.54, 1.807) is 31.5 Å². The lowest BCUT2D eigenvalue weighted by Gasteiger charge is -2.21. The Balaban J connectivity index is 1.70. The molecule has 0 amide bonds. The molecule has 0 radical (unpaired) electrons. The molecule has 1 unspecified atom stereocenters. The molecule has 1 fully saturated rings. The predicted molar refractivity (Wildman–Crippen MR) is 101 cm³/mol. The van der Waals surface area contributed by atoms with Crippen LogP contribution in [0.15, 0.2) is 54.7 Å². The Bertz CT molecular complexity index is 973. The Hall–Kier alpha value is -3.15. The van der Waals surface area contributed by atoms with Crippen molar-refractivity contribution in [3.8, 4) is 5.75 Å². The smallest absolute Gasteiger partial charge is 0.278 e. The third-order valence-electron chi connectivity index (χ3n) is 5.03. The average Bonchev–Trinajstić information content (AvgIpc) is 3.16. The fraction of sp³-hybridized carbons (Fsp3) is 0.250. The number of non-ortho nitro benzene ring substituents is 1. The van der Waals surface area contributed by atoms with E-state index in [1.165, 1.54) is 5.56 Å². The summed E-state index contributed by atoms with van der Waals surface area (Å²) in [4.78, 5) is 17.6. The molecule has 132 valence electrons. The van der Waals surface area contributed by atoms with Crippen LogP contribution in [0.5, 0.6) is 5.75 Å². The van der Waals surface area contributed by atoms with E-state index in [0.717, 1.165) is 30.9 Å². The molecule has 2 aromatic carbocycles.